The smallest absolute Gasteiger partial charge is 0.412 e. The normalized spacial score (nSPS) is 15.9. The maximum Gasteiger partial charge on any atom is 0.412 e. The molecule has 0 saturated carbocycles. The molecule has 0 unspecified atom stereocenters. The number of benzene rings is 1. The molecule has 1 amide bonds. The minimum atomic E-state index is -0.500. The lowest BCUT2D eigenvalue weighted by Gasteiger charge is -2.33. The summed E-state index contributed by atoms with van der Waals surface area (Å²) in [5.41, 5.74) is 1.55. The van der Waals surface area contributed by atoms with Crippen molar-refractivity contribution >= 4 is 11.8 Å². The summed E-state index contributed by atoms with van der Waals surface area (Å²) in [6.45, 7) is 7.78. The first-order valence-electron chi connectivity index (χ1n) is 6.37. The molecule has 0 atom stereocenters. The highest BCUT2D eigenvalue weighted by Crippen LogP contribution is 2.38. The van der Waals surface area contributed by atoms with E-state index in [0.29, 0.717) is 5.69 Å². The minimum Gasteiger partial charge on any atom is -0.485 e. The Morgan fingerprint density at radius 1 is 1.58 bits per heavy atom. The van der Waals surface area contributed by atoms with E-state index in [-0.39, 0.29) is 12.2 Å². The number of carbonyl (C=O) groups is 1. The van der Waals surface area contributed by atoms with Crippen LogP contribution in [0.15, 0.2) is 30.9 Å². The van der Waals surface area contributed by atoms with Gasteiger partial charge in [-0.05, 0) is 38.3 Å². The summed E-state index contributed by atoms with van der Waals surface area (Å²) >= 11 is 0. The van der Waals surface area contributed by atoms with Gasteiger partial charge in [0.05, 0.1) is 5.69 Å². The highest BCUT2D eigenvalue weighted by molar-refractivity contribution is 5.87. The second-order valence-electron chi connectivity index (χ2n) is 5.17. The molecule has 1 aliphatic heterocycles. The lowest BCUT2D eigenvalue weighted by atomic mass is 9.94. The van der Waals surface area contributed by atoms with Crippen LogP contribution in [0.2, 0.25) is 0 Å². The molecule has 0 aromatic heterocycles. The number of ether oxygens (including phenoxy) is 2. The van der Waals surface area contributed by atoms with Crippen molar-refractivity contribution in [2.75, 3.05) is 11.9 Å². The van der Waals surface area contributed by atoms with Crippen LogP contribution in [0.25, 0.3) is 0 Å². The van der Waals surface area contributed by atoms with Crippen molar-refractivity contribution in [3.63, 3.8) is 0 Å². The Hall–Kier alpha value is -1.97. The Labute approximate surface area is 113 Å². The second-order valence-corrected chi connectivity index (χ2v) is 5.17. The Morgan fingerprint density at radius 2 is 2.37 bits per heavy atom. The van der Waals surface area contributed by atoms with Gasteiger partial charge in [0.2, 0.25) is 0 Å². The van der Waals surface area contributed by atoms with Crippen molar-refractivity contribution in [2.24, 2.45) is 0 Å². The number of para-hydroxylation sites is 1. The fraction of sp³-hybridized carbons (Fsp3) is 0.400. The Kier molecular flexibility index (Phi) is 3.79. The van der Waals surface area contributed by atoms with Crippen molar-refractivity contribution < 1.29 is 14.3 Å². The number of rotatable bonds is 3. The lowest BCUT2D eigenvalue weighted by molar-refractivity contribution is 0.0855. The highest BCUT2D eigenvalue weighted by atomic mass is 16.5. The van der Waals surface area contributed by atoms with Crippen molar-refractivity contribution in [1.82, 2.24) is 0 Å². The van der Waals surface area contributed by atoms with Gasteiger partial charge in [0, 0.05) is 0 Å². The molecule has 0 spiro atoms. The van der Waals surface area contributed by atoms with E-state index < -0.39 is 6.09 Å². The Morgan fingerprint density at radius 3 is 3.11 bits per heavy atom. The molecule has 1 heterocycles. The third-order valence-corrected chi connectivity index (χ3v) is 3.04. The van der Waals surface area contributed by atoms with Gasteiger partial charge in [-0.1, -0.05) is 24.8 Å². The third kappa shape index (κ3) is 3.28. The van der Waals surface area contributed by atoms with E-state index in [2.05, 4.69) is 11.9 Å². The Balaban J connectivity index is 2.18. The number of fused-ring (bicyclic) bond motifs is 1. The standard InChI is InChI=1S/C15H19NO3/c1-4-10-18-14(17)16-12-7-5-6-11-8-9-15(2,3)19-13(11)12/h4-7H,1,8-10H2,2-3H3,(H,16,17). The molecule has 19 heavy (non-hydrogen) atoms. The second kappa shape index (κ2) is 5.34. The van der Waals surface area contributed by atoms with Crippen LogP contribution in [0.3, 0.4) is 0 Å². The number of hydrogen-bond acceptors (Lipinski definition) is 3. The number of amides is 1. The summed E-state index contributed by atoms with van der Waals surface area (Å²) in [5.74, 6) is 0.745. The van der Waals surface area contributed by atoms with Gasteiger partial charge in [-0.2, -0.15) is 0 Å². The van der Waals surface area contributed by atoms with Gasteiger partial charge < -0.3 is 9.47 Å². The third-order valence-electron chi connectivity index (χ3n) is 3.04. The zero-order chi connectivity index (χ0) is 13.9. The average molecular weight is 261 g/mol. The number of carbonyl (C=O) groups excluding carboxylic acids is 1. The number of hydrogen-bond donors (Lipinski definition) is 1. The molecule has 0 saturated heterocycles. The molecule has 0 aliphatic carbocycles. The Bertz CT molecular complexity index is 494. The molecular formula is C15H19NO3. The van der Waals surface area contributed by atoms with Crippen molar-refractivity contribution in [2.45, 2.75) is 32.3 Å². The van der Waals surface area contributed by atoms with E-state index in [9.17, 15) is 4.79 Å². The molecule has 4 heteroatoms. The maximum atomic E-state index is 11.6. The lowest BCUT2D eigenvalue weighted by Crippen LogP contribution is -2.33. The number of nitrogens with one attached hydrogen (secondary N) is 1. The molecule has 4 nitrogen and oxygen atoms in total. The van der Waals surface area contributed by atoms with Gasteiger partial charge in [-0.25, -0.2) is 4.79 Å². The first-order valence-corrected chi connectivity index (χ1v) is 6.37. The van der Waals surface area contributed by atoms with Gasteiger partial charge >= 0.3 is 6.09 Å². The van der Waals surface area contributed by atoms with E-state index in [0.717, 1.165) is 24.2 Å². The van der Waals surface area contributed by atoms with Crippen molar-refractivity contribution in [3.8, 4) is 5.75 Å². The van der Waals surface area contributed by atoms with Crippen LogP contribution in [0, 0.1) is 0 Å². The minimum absolute atomic E-state index is 0.188. The van der Waals surface area contributed by atoms with E-state index in [4.69, 9.17) is 9.47 Å². The molecule has 0 fully saturated rings. The van der Waals surface area contributed by atoms with Crippen LogP contribution in [0.4, 0.5) is 10.5 Å². The molecule has 1 aliphatic rings. The SMILES string of the molecule is C=CCOC(=O)Nc1cccc2c1OC(C)(C)CC2. The summed E-state index contributed by atoms with van der Waals surface area (Å²) < 4.78 is 10.9. The van der Waals surface area contributed by atoms with Crippen LogP contribution >= 0.6 is 0 Å². The first kappa shape index (κ1) is 13.5. The van der Waals surface area contributed by atoms with Crippen LogP contribution in [-0.4, -0.2) is 18.3 Å². The number of anilines is 1. The van der Waals surface area contributed by atoms with E-state index >= 15 is 0 Å². The molecule has 1 aromatic carbocycles. The fourth-order valence-corrected chi connectivity index (χ4v) is 2.04. The predicted octanol–water partition coefficient (Wildman–Crippen LogP) is 3.52. The van der Waals surface area contributed by atoms with Crippen LogP contribution < -0.4 is 10.1 Å². The summed E-state index contributed by atoms with van der Waals surface area (Å²) in [5, 5.41) is 2.71. The van der Waals surface area contributed by atoms with Gasteiger partial charge in [0.25, 0.3) is 0 Å². The summed E-state index contributed by atoms with van der Waals surface area (Å²) in [4.78, 5) is 11.6. The summed E-state index contributed by atoms with van der Waals surface area (Å²) in [6, 6.07) is 5.74. The summed E-state index contributed by atoms with van der Waals surface area (Å²) in [7, 11) is 0. The molecule has 2 rings (SSSR count). The fourth-order valence-electron chi connectivity index (χ4n) is 2.04. The molecule has 1 aromatic rings. The van der Waals surface area contributed by atoms with Gasteiger partial charge in [-0.3, -0.25) is 5.32 Å². The zero-order valence-corrected chi connectivity index (χ0v) is 11.4. The van der Waals surface area contributed by atoms with E-state index in [1.807, 2.05) is 32.0 Å². The molecule has 0 radical (unpaired) electrons. The topological polar surface area (TPSA) is 47.6 Å². The molecular weight excluding hydrogens is 242 g/mol. The van der Waals surface area contributed by atoms with Gasteiger partial charge in [-0.15, -0.1) is 0 Å². The predicted molar refractivity (Wildman–Crippen MR) is 74.6 cm³/mol. The quantitative estimate of drug-likeness (QED) is 0.847. The van der Waals surface area contributed by atoms with Gasteiger partial charge in [0.1, 0.15) is 18.0 Å². The molecule has 0 bridgehead atoms. The van der Waals surface area contributed by atoms with Crippen LogP contribution in [0.5, 0.6) is 5.75 Å². The van der Waals surface area contributed by atoms with E-state index in [1.54, 1.807) is 0 Å². The summed E-state index contributed by atoms with van der Waals surface area (Å²) in [6.07, 6.45) is 2.93. The van der Waals surface area contributed by atoms with Crippen molar-refractivity contribution in [3.05, 3.63) is 36.4 Å². The van der Waals surface area contributed by atoms with Crippen molar-refractivity contribution in [1.29, 1.82) is 0 Å². The monoisotopic (exact) mass is 261 g/mol. The van der Waals surface area contributed by atoms with Crippen LogP contribution in [0.1, 0.15) is 25.8 Å². The highest BCUT2D eigenvalue weighted by Gasteiger charge is 2.28. The van der Waals surface area contributed by atoms with E-state index in [1.165, 1.54) is 6.08 Å². The molecule has 102 valence electrons. The maximum absolute atomic E-state index is 11.6. The first-order chi connectivity index (χ1) is 9.02. The zero-order valence-electron chi connectivity index (χ0n) is 11.4. The molecule has 1 N–H and O–H groups in total. The average Bonchev–Trinajstić information content (AvgIpc) is 2.36. The van der Waals surface area contributed by atoms with Crippen LogP contribution in [-0.2, 0) is 11.2 Å². The van der Waals surface area contributed by atoms with Gasteiger partial charge in [0.15, 0.2) is 0 Å². The largest absolute Gasteiger partial charge is 0.485 e. The number of aryl methyl sites for hydroxylation is 1.